The fourth-order valence-corrected chi connectivity index (χ4v) is 3.65. The number of hydrogen-bond donors (Lipinski definition) is 1. The smallest absolute Gasteiger partial charge is 0.282 e. The first kappa shape index (κ1) is 19.5. The zero-order valence-corrected chi connectivity index (χ0v) is 17.1. The summed E-state index contributed by atoms with van der Waals surface area (Å²) in [4.78, 5) is 28.1. The van der Waals surface area contributed by atoms with Crippen LogP contribution in [0.15, 0.2) is 78.5 Å². The Morgan fingerprint density at radius 3 is 2.30 bits per heavy atom. The summed E-state index contributed by atoms with van der Waals surface area (Å²) in [7, 11) is 1.58. The number of nitrogens with zero attached hydrogens (tertiary/aromatic N) is 1. The summed E-state index contributed by atoms with van der Waals surface area (Å²) in [6.07, 6.45) is 0. The Bertz CT molecular complexity index is 1170. The lowest BCUT2D eigenvalue weighted by atomic mass is 9.97. The number of nitrogens with one attached hydrogen (secondary N) is 1. The van der Waals surface area contributed by atoms with Gasteiger partial charge in [0.05, 0.1) is 18.4 Å². The number of anilines is 2. The van der Waals surface area contributed by atoms with Crippen LogP contribution in [0.25, 0.3) is 5.57 Å². The van der Waals surface area contributed by atoms with Gasteiger partial charge in [-0.1, -0.05) is 48.0 Å². The highest BCUT2D eigenvalue weighted by Crippen LogP contribution is 2.35. The molecular weight excluding hydrogens is 376 g/mol. The van der Waals surface area contributed by atoms with E-state index < -0.39 is 0 Å². The van der Waals surface area contributed by atoms with Crippen LogP contribution in [0.2, 0.25) is 0 Å². The predicted octanol–water partition coefficient (Wildman–Crippen LogP) is 4.71. The lowest BCUT2D eigenvalue weighted by Gasteiger charge is -2.15. The molecule has 30 heavy (non-hydrogen) atoms. The molecular formula is C25H22N2O3. The molecule has 1 aliphatic heterocycles. The lowest BCUT2D eigenvalue weighted by molar-refractivity contribution is -0.120. The van der Waals surface area contributed by atoms with Gasteiger partial charge in [-0.3, -0.25) is 9.59 Å². The highest BCUT2D eigenvalue weighted by molar-refractivity contribution is 6.46. The first-order chi connectivity index (χ1) is 14.5. The molecule has 0 unspecified atom stereocenters. The number of carbonyl (C=O) groups excluding carboxylic acids is 2. The molecule has 3 aromatic rings. The quantitative estimate of drug-likeness (QED) is 0.633. The summed E-state index contributed by atoms with van der Waals surface area (Å²) < 4.78 is 5.28. The molecule has 5 nitrogen and oxygen atoms in total. The Kier molecular flexibility index (Phi) is 5.11. The van der Waals surface area contributed by atoms with Crippen LogP contribution in [-0.2, 0) is 9.59 Å². The van der Waals surface area contributed by atoms with Crippen molar-refractivity contribution >= 4 is 28.8 Å². The molecule has 0 spiro atoms. The number of methoxy groups -OCH3 is 1. The third-order valence-electron chi connectivity index (χ3n) is 5.09. The molecule has 0 saturated carbocycles. The van der Waals surface area contributed by atoms with E-state index in [-0.39, 0.29) is 17.5 Å². The molecule has 0 aromatic heterocycles. The summed E-state index contributed by atoms with van der Waals surface area (Å²) in [6.45, 7) is 3.94. The minimum Gasteiger partial charge on any atom is -0.497 e. The summed E-state index contributed by atoms with van der Waals surface area (Å²) in [5.41, 5.74) is 4.60. The molecule has 1 N–H and O–H groups in total. The van der Waals surface area contributed by atoms with Gasteiger partial charge in [-0.2, -0.15) is 0 Å². The number of carbonyl (C=O) groups is 2. The van der Waals surface area contributed by atoms with E-state index in [1.807, 2.05) is 56.3 Å². The van der Waals surface area contributed by atoms with Crippen molar-refractivity contribution in [2.24, 2.45) is 0 Å². The van der Waals surface area contributed by atoms with Crippen molar-refractivity contribution in [3.8, 4) is 5.75 Å². The Labute approximate surface area is 175 Å². The molecule has 5 heteroatoms. The van der Waals surface area contributed by atoms with E-state index >= 15 is 0 Å². The van der Waals surface area contributed by atoms with Crippen molar-refractivity contribution in [1.29, 1.82) is 0 Å². The Morgan fingerprint density at radius 1 is 0.833 bits per heavy atom. The Balaban J connectivity index is 1.85. The molecule has 0 fully saturated rings. The van der Waals surface area contributed by atoms with Crippen LogP contribution in [0.4, 0.5) is 11.4 Å². The van der Waals surface area contributed by atoms with Crippen molar-refractivity contribution in [2.45, 2.75) is 13.8 Å². The Hall–Kier alpha value is -3.86. The zero-order chi connectivity index (χ0) is 21.3. The fraction of sp³-hybridized carbons (Fsp3) is 0.120. The first-order valence-corrected chi connectivity index (χ1v) is 9.66. The number of amides is 2. The number of benzene rings is 3. The summed E-state index contributed by atoms with van der Waals surface area (Å²) in [5, 5.41) is 3.17. The van der Waals surface area contributed by atoms with Crippen molar-refractivity contribution in [2.75, 3.05) is 17.3 Å². The van der Waals surface area contributed by atoms with Gasteiger partial charge in [0.25, 0.3) is 11.8 Å². The third kappa shape index (κ3) is 3.46. The van der Waals surface area contributed by atoms with E-state index in [0.29, 0.717) is 22.7 Å². The van der Waals surface area contributed by atoms with Gasteiger partial charge in [0.1, 0.15) is 11.4 Å². The lowest BCUT2D eigenvalue weighted by Crippen LogP contribution is -2.32. The van der Waals surface area contributed by atoms with Crippen LogP contribution >= 0.6 is 0 Å². The largest absolute Gasteiger partial charge is 0.497 e. The van der Waals surface area contributed by atoms with Crippen molar-refractivity contribution in [3.63, 3.8) is 0 Å². The highest BCUT2D eigenvalue weighted by atomic mass is 16.5. The van der Waals surface area contributed by atoms with Crippen molar-refractivity contribution < 1.29 is 14.3 Å². The van der Waals surface area contributed by atoms with E-state index in [2.05, 4.69) is 5.32 Å². The molecule has 4 rings (SSSR count). The average molecular weight is 398 g/mol. The van der Waals surface area contributed by atoms with Gasteiger partial charge in [-0.05, 0) is 49.2 Å². The molecule has 0 radical (unpaired) electrons. The number of rotatable bonds is 5. The number of ether oxygens (including phenoxy) is 1. The molecule has 1 aliphatic rings. The van der Waals surface area contributed by atoms with E-state index in [1.165, 1.54) is 4.90 Å². The highest BCUT2D eigenvalue weighted by Gasteiger charge is 2.40. The van der Waals surface area contributed by atoms with Crippen LogP contribution in [0.1, 0.15) is 16.7 Å². The summed E-state index contributed by atoms with van der Waals surface area (Å²) in [6, 6.07) is 22.1. The molecule has 0 aliphatic carbocycles. The second kappa shape index (κ2) is 7.87. The van der Waals surface area contributed by atoms with Crippen LogP contribution < -0.4 is 15.0 Å². The minimum absolute atomic E-state index is 0.254. The fourth-order valence-electron chi connectivity index (χ4n) is 3.65. The van der Waals surface area contributed by atoms with Crippen LogP contribution in [0.5, 0.6) is 5.75 Å². The summed E-state index contributed by atoms with van der Waals surface area (Å²) in [5.74, 6) is -0.0714. The van der Waals surface area contributed by atoms with Crippen LogP contribution in [-0.4, -0.2) is 18.9 Å². The van der Waals surface area contributed by atoms with E-state index in [0.717, 1.165) is 16.7 Å². The van der Waals surface area contributed by atoms with Crippen LogP contribution in [0.3, 0.4) is 0 Å². The number of imide groups is 1. The maximum absolute atomic E-state index is 13.5. The molecule has 0 bridgehead atoms. The minimum atomic E-state index is -0.385. The summed E-state index contributed by atoms with van der Waals surface area (Å²) >= 11 is 0. The molecule has 1 heterocycles. The predicted molar refractivity (Wildman–Crippen MR) is 118 cm³/mol. The van der Waals surface area contributed by atoms with Gasteiger partial charge in [-0.15, -0.1) is 0 Å². The van der Waals surface area contributed by atoms with Gasteiger partial charge in [0.2, 0.25) is 0 Å². The number of para-hydroxylation sites is 1. The maximum atomic E-state index is 13.5. The second-order valence-electron chi connectivity index (χ2n) is 7.21. The first-order valence-electron chi connectivity index (χ1n) is 9.66. The monoisotopic (exact) mass is 398 g/mol. The standard InChI is InChI=1S/C25H22N2O3/c1-16-12-13-21(17(2)14-16)22-23(26-18-8-7-11-20(15-18)30-3)25(29)27(24(22)28)19-9-5-4-6-10-19/h4-15,26H,1-3H3. The van der Waals surface area contributed by atoms with Crippen molar-refractivity contribution in [1.82, 2.24) is 0 Å². The number of aryl methyl sites for hydroxylation is 2. The second-order valence-corrected chi connectivity index (χ2v) is 7.21. The SMILES string of the molecule is COc1cccc(NC2=C(c3ccc(C)cc3C)C(=O)N(c3ccccc3)C2=O)c1. The zero-order valence-electron chi connectivity index (χ0n) is 17.1. The van der Waals surface area contributed by atoms with E-state index in [1.54, 1.807) is 37.4 Å². The molecule has 150 valence electrons. The van der Waals surface area contributed by atoms with Gasteiger partial charge in [0.15, 0.2) is 0 Å². The molecule has 2 amide bonds. The average Bonchev–Trinajstić information content (AvgIpc) is 2.98. The van der Waals surface area contributed by atoms with Gasteiger partial charge >= 0.3 is 0 Å². The molecule has 0 saturated heterocycles. The third-order valence-corrected chi connectivity index (χ3v) is 5.09. The van der Waals surface area contributed by atoms with Gasteiger partial charge < -0.3 is 10.1 Å². The topological polar surface area (TPSA) is 58.6 Å². The van der Waals surface area contributed by atoms with Crippen molar-refractivity contribution in [3.05, 3.63) is 95.2 Å². The Morgan fingerprint density at radius 2 is 1.60 bits per heavy atom. The van der Waals surface area contributed by atoms with Gasteiger partial charge in [0, 0.05) is 11.8 Å². The van der Waals surface area contributed by atoms with E-state index in [4.69, 9.17) is 4.74 Å². The maximum Gasteiger partial charge on any atom is 0.282 e. The molecule has 3 aromatic carbocycles. The van der Waals surface area contributed by atoms with Gasteiger partial charge in [-0.25, -0.2) is 4.90 Å². The normalized spacial score (nSPS) is 13.8. The van der Waals surface area contributed by atoms with E-state index in [9.17, 15) is 9.59 Å². The molecule has 0 atom stereocenters. The number of hydrogen-bond acceptors (Lipinski definition) is 4. The van der Waals surface area contributed by atoms with Crippen LogP contribution in [0, 0.1) is 13.8 Å².